The minimum Gasteiger partial charge on any atom is -0.494 e. The predicted octanol–water partition coefficient (Wildman–Crippen LogP) is 5.82. The first kappa shape index (κ1) is 22.3. The number of hydrogen-bond donors (Lipinski definition) is 0. The third-order valence-electron chi connectivity index (χ3n) is 5.17. The molecule has 6 nitrogen and oxygen atoms in total. The summed E-state index contributed by atoms with van der Waals surface area (Å²) in [6.45, 7) is 9.48. The lowest BCUT2D eigenvalue weighted by atomic mass is 10.2. The fraction of sp³-hybridized carbons (Fsp3) is 0.292. The van der Waals surface area contributed by atoms with Crippen LogP contribution in [0.3, 0.4) is 0 Å². The van der Waals surface area contributed by atoms with Crippen molar-refractivity contribution in [1.29, 1.82) is 0 Å². The Bertz CT molecular complexity index is 1260. The van der Waals surface area contributed by atoms with Crippen molar-refractivity contribution < 1.29 is 9.53 Å². The largest absolute Gasteiger partial charge is 0.494 e. The monoisotopic (exact) mass is 468 g/mol. The second-order valence-corrected chi connectivity index (χ2v) is 9.08. The molecule has 0 saturated carbocycles. The Hall–Kier alpha value is -2.90. The first-order valence-electron chi connectivity index (χ1n) is 10.5. The zero-order valence-electron chi connectivity index (χ0n) is 18.6. The van der Waals surface area contributed by atoms with E-state index in [0.717, 1.165) is 32.9 Å². The summed E-state index contributed by atoms with van der Waals surface area (Å²) >= 11 is 7.72. The predicted molar refractivity (Wildman–Crippen MR) is 130 cm³/mol. The molecule has 0 fully saturated rings. The van der Waals surface area contributed by atoms with Crippen LogP contribution in [-0.4, -0.2) is 33.8 Å². The molecular weight excluding hydrogens is 444 g/mol. The molecule has 166 valence electrons. The molecule has 0 spiro atoms. The molecule has 0 aliphatic rings. The molecule has 0 atom stereocenters. The molecule has 2 aromatic heterocycles. The van der Waals surface area contributed by atoms with Gasteiger partial charge in [-0.15, -0.1) is 0 Å². The topological polar surface area (TPSA) is 60.2 Å². The molecule has 2 aromatic carbocycles. The zero-order chi connectivity index (χ0) is 22.8. The van der Waals surface area contributed by atoms with Gasteiger partial charge in [-0.2, -0.15) is 5.10 Å². The van der Waals surface area contributed by atoms with Crippen LogP contribution in [0.4, 0.5) is 5.13 Å². The average molecular weight is 469 g/mol. The highest BCUT2D eigenvalue weighted by Gasteiger charge is 2.22. The molecular formula is C24H25ClN4O2S. The molecule has 2 heterocycles. The van der Waals surface area contributed by atoms with Crippen LogP contribution in [0, 0.1) is 20.8 Å². The van der Waals surface area contributed by atoms with Gasteiger partial charge in [0.1, 0.15) is 5.75 Å². The SMILES string of the molecule is CCOc1ccc(C(=O)N(CCn2nc(C)cc2C)c2nc3c(C)cc(Cl)cc3s2)cc1. The number of fused-ring (bicyclic) bond motifs is 1. The number of amides is 1. The van der Waals surface area contributed by atoms with Crippen LogP contribution >= 0.6 is 22.9 Å². The van der Waals surface area contributed by atoms with Crippen molar-refractivity contribution in [2.75, 3.05) is 18.1 Å². The van der Waals surface area contributed by atoms with Crippen LogP contribution in [0.1, 0.15) is 34.2 Å². The van der Waals surface area contributed by atoms with Crippen LogP contribution in [0.25, 0.3) is 10.2 Å². The van der Waals surface area contributed by atoms with Gasteiger partial charge in [0.25, 0.3) is 5.91 Å². The molecule has 8 heteroatoms. The number of halogens is 1. The molecule has 32 heavy (non-hydrogen) atoms. The van der Waals surface area contributed by atoms with E-state index in [1.54, 1.807) is 17.0 Å². The summed E-state index contributed by atoms with van der Waals surface area (Å²) in [6, 6.07) is 13.0. The summed E-state index contributed by atoms with van der Waals surface area (Å²) in [4.78, 5) is 20.1. The lowest BCUT2D eigenvalue weighted by molar-refractivity contribution is 0.0985. The maximum absolute atomic E-state index is 13.6. The number of nitrogens with zero attached hydrogens (tertiary/aromatic N) is 4. The second kappa shape index (κ2) is 9.30. The highest BCUT2D eigenvalue weighted by atomic mass is 35.5. The number of ether oxygens (including phenoxy) is 1. The van der Waals surface area contributed by atoms with Gasteiger partial charge in [0, 0.05) is 22.8 Å². The van der Waals surface area contributed by atoms with Gasteiger partial charge in [0.05, 0.1) is 29.1 Å². The van der Waals surface area contributed by atoms with Gasteiger partial charge in [-0.1, -0.05) is 22.9 Å². The number of anilines is 1. The van der Waals surface area contributed by atoms with Crippen molar-refractivity contribution in [3.05, 3.63) is 70.0 Å². The fourth-order valence-electron chi connectivity index (χ4n) is 3.65. The van der Waals surface area contributed by atoms with Crippen LogP contribution in [0.5, 0.6) is 5.75 Å². The number of thiazole rings is 1. The Labute approximate surface area is 196 Å². The van der Waals surface area contributed by atoms with Gasteiger partial charge >= 0.3 is 0 Å². The second-order valence-electron chi connectivity index (χ2n) is 7.63. The van der Waals surface area contributed by atoms with E-state index in [-0.39, 0.29) is 5.91 Å². The van der Waals surface area contributed by atoms with E-state index in [9.17, 15) is 4.79 Å². The maximum atomic E-state index is 13.6. The lowest BCUT2D eigenvalue weighted by Crippen LogP contribution is -2.34. The highest BCUT2D eigenvalue weighted by Crippen LogP contribution is 2.33. The van der Waals surface area contributed by atoms with E-state index < -0.39 is 0 Å². The summed E-state index contributed by atoms with van der Waals surface area (Å²) in [7, 11) is 0. The first-order valence-corrected chi connectivity index (χ1v) is 11.7. The van der Waals surface area contributed by atoms with E-state index in [4.69, 9.17) is 21.3 Å². The van der Waals surface area contributed by atoms with E-state index in [1.807, 2.05) is 62.7 Å². The minimum absolute atomic E-state index is 0.114. The molecule has 0 N–H and O–H groups in total. The van der Waals surface area contributed by atoms with Crippen molar-refractivity contribution in [2.24, 2.45) is 0 Å². The maximum Gasteiger partial charge on any atom is 0.260 e. The Morgan fingerprint density at radius 1 is 1.16 bits per heavy atom. The summed E-state index contributed by atoms with van der Waals surface area (Å²) in [5.41, 5.74) is 4.45. The smallest absolute Gasteiger partial charge is 0.260 e. The fourth-order valence-corrected chi connectivity index (χ4v) is 5.10. The molecule has 0 saturated heterocycles. The Morgan fingerprint density at radius 3 is 2.56 bits per heavy atom. The Kier molecular flexibility index (Phi) is 6.48. The number of rotatable bonds is 7. The van der Waals surface area contributed by atoms with Crippen LogP contribution < -0.4 is 9.64 Å². The molecule has 4 aromatic rings. The molecule has 4 rings (SSSR count). The van der Waals surface area contributed by atoms with E-state index in [0.29, 0.717) is 35.4 Å². The van der Waals surface area contributed by atoms with Gasteiger partial charge in [0.2, 0.25) is 0 Å². The van der Waals surface area contributed by atoms with Gasteiger partial charge in [-0.25, -0.2) is 4.98 Å². The van der Waals surface area contributed by atoms with Gasteiger partial charge < -0.3 is 4.74 Å². The van der Waals surface area contributed by atoms with Crippen molar-refractivity contribution in [2.45, 2.75) is 34.2 Å². The number of aromatic nitrogens is 3. The van der Waals surface area contributed by atoms with Crippen LogP contribution in [0.15, 0.2) is 42.5 Å². The number of carbonyl (C=O) groups is 1. The lowest BCUT2D eigenvalue weighted by Gasteiger charge is -2.20. The van der Waals surface area contributed by atoms with Crippen molar-refractivity contribution >= 4 is 44.2 Å². The first-order chi connectivity index (χ1) is 15.4. The Balaban J connectivity index is 1.69. The van der Waals surface area contributed by atoms with Crippen LogP contribution in [0.2, 0.25) is 5.02 Å². The minimum atomic E-state index is -0.114. The molecule has 0 aliphatic heterocycles. The normalized spacial score (nSPS) is 11.2. The van der Waals surface area contributed by atoms with Gasteiger partial charge in [-0.3, -0.25) is 14.4 Å². The van der Waals surface area contributed by atoms with Gasteiger partial charge in [0.15, 0.2) is 5.13 Å². The van der Waals surface area contributed by atoms with Crippen molar-refractivity contribution in [3.8, 4) is 5.75 Å². The number of aryl methyl sites for hydroxylation is 3. The summed E-state index contributed by atoms with van der Waals surface area (Å²) in [5.74, 6) is 0.626. The number of benzene rings is 2. The summed E-state index contributed by atoms with van der Waals surface area (Å²) in [6.07, 6.45) is 0. The summed E-state index contributed by atoms with van der Waals surface area (Å²) in [5, 5.41) is 5.84. The quantitative estimate of drug-likeness (QED) is 0.343. The highest BCUT2D eigenvalue weighted by molar-refractivity contribution is 7.22. The number of hydrogen-bond acceptors (Lipinski definition) is 5. The molecule has 0 bridgehead atoms. The third kappa shape index (κ3) is 4.64. The van der Waals surface area contributed by atoms with Crippen molar-refractivity contribution in [1.82, 2.24) is 14.8 Å². The molecule has 0 radical (unpaired) electrons. The van der Waals surface area contributed by atoms with E-state index >= 15 is 0 Å². The number of carbonyl (C=O) groups excluding carboxylic acids is 1. The standard InChI is InChI=1S/C24H25ClN4O2S/c1-5-31-20-8-6-18(7-9-20)23(30)28(10-11-29-17(4)13-16(3)27-29)24-26-22-15(2)12-19(25)14-21(22)32-24/h6-9,12-14H,5,10-11H2,1-4H3. The third-order valence-corrected chi connectivity index (χ3v) is 6.41. The van der Waals surface area contributed by atoms with Crippen LogP contribution in [-0.2, 0) is 6.54 Å². The van der Waals surface area contributed by atoms with Crippen molar-refractivity contribution in [3.63, 3.8) is 0 Å². The zero-order valence-corrected chi connectivity index (χ0v) is 20.1. The Morgan fingerprint density at radius 2 is 1.91 bits per heavy atom. The average Bonchev–Trinajstić information content (AvgIpc) is 3.31. The van der Waals surface area contributed by atoms with Gasteiger partial charge in [-0.05, 0) is 75.7 Å². The summed E-state index contributed by atoms with van der Waals surface area (Å²) < 4.78 is 8.39. The molecule has 1 amide bonds. The van der Waals surface area contributed by atoms with E-state index in [2.05, 4.69) is 5.10 Å². The van der Waals surface area contributed by atoms with E-state index in [1.165, 1.54) is 11.3 Å². The molecule has 0 aliphatic carbocycles. The molecule has 0 unspecified atom stereocenters.